The van der Waals surface area contributed by atoms with E-state index in [0.29, 0.717) is 6.04 Å². The second kappa shape index (κ2) is 6.12. The van der Waals surface area contributed by atoms with Gasteiger partial charge in [-0.15, -0.1) is 11.3 Å². The Kier molecular flexibility index (Phi) is 4.47. The number of amides is 1. The van der Waals surface area contributed by atoms with Crippen molar-refractivity contribution in [2.45, 2.75) is 51.0 Å². The van der Waals surface area contributed by atoms with Crippen LogP contribution >= 0.6 is 33.9 Å². The smallest absolute Gasteiger partial charge is 0.254 e. The summed E-state index contributed by atoms with van der Waals surface area (Å²) in [5, 5.41) is 2.01. The Morgan fingerprint density at radius 3 is 2.68 bits per heavy atom. The Balaban J connectivity index is 1.73. The second-order valence-electron chi connectivity index (χ2n) is 5.75. The van der Waals surface area contributed by atoms with Crippen LogP contribution in [-0.2, 0) is 0 Å². The molecule has 2 aliphatic rings. The summed E-state index contributed by atoms with van der Waals surface area (Å²) in [7, 11) is 0. The van der Waals surface area contributed by atoms with E-state index in [0.717, 1.165) is 18.0 Å². The molecule has 2 heterocycles. The molecule has 1 atom stereocenters. The van der Waals surface area contributed by atoms with Gasteiger partial charge in [-0.25, -0.2) is 0 Å². The Hall–Kier alpha value is -0.100. The molecule has 0 N–H and O–H groups in total. The number of nitrogens with zero attached hydrogens (tertiary/aromatic N) is 1. The first-order valence-electron chi connectivity index (χ1n) is 7.31. The van der Waals surface area contributed by atoms with Gasteiger partial charge >= 0.3 is 0 Å². The predicted octanol–water partition coefficient (Wildman–Crippen LogP) is 4.54. The highest BCUT2D eigenvalue weighted by atomic mass is 127. The van der Waals surface area contributed by atoms with Gasteiger partial charge in [0.25, 0.3) is 5.91 Å². The van der Waals surface area contributed by atoms with Gasteiger partial charge in [0.1, 0.15) is 0 Å². The molecule has 1 unspecified atom stereocenters. The lowest BCUT2D eigenvalue weighted by Gasteiger charge is -2.34. The summed E-state index contributed by atoms with van der Waals surface area (Å²) >= 11 is 3.96. The SMILES string of the molecule is O=C(c1csc(I)c1)N1CCCC1C1CCCCC1. The summed E-state index contributed by atoms with van der Waals surface area (Å²) in [4.78, 5) is 14.8. The normalized spacial score (nSPS) is 24.9. The summed E-state index contributed by atoms with van der Waals surface area (Å²) < 4.78 is 1.20. The topological polar surface area (TPSA) is 20.3 Å². The summed E-state index contributed by atoms with van der Waals surface area (Å²) in [6.07, 6.45) is 9.18. The molecular formula is C15H20INOS. The molecule has 1 aliphatic heterocycles. The fourth-order valence-corrected chi connectivity index (χ4v) is 4.96. The van der Waals surface area contributed by atoms with Crippen molar-refractivity contribution in [3.05, 3.63) is 19.9 Å². The third-order valence-electron chi connectivity index (χ3n) is 4.57. The van der Waals surface area contributed by atoms with Crippen molar-refractivity contribution in [2.24, 2.45) is 5.92 Å². The Labute approximate surface area is 132 Å². The molecule has 0 spiro atoms. The number of thiophene rings is 1. The minimum atomic E-state index is 0.271. The zero-order chi connectivity index (χ0) is 13.2. The molecule has 104 valence electrons. The van der Waals surface area contributed by atoms with Gasteiger partial charge in [-0.2, -0.15) is 0 Å². The average molecular weight is 389 g/mol. The predicted molar refractivity (Wildman–Crippen MR) is 87.7 cm³/mol. The van der Waals surface area contributed by atoms with Gasteiger partial charge in [0, 0.05) is 18.0 Å². The van der Waals surface area contributed by atoms with Crippen LogP contribution in [-0.4, -0.2) is 23.4 Å². The molecule has 1 aromatic heterocycles. The van der Waals surface area contributed by atoms with E-state index < -0.39 is 0 Å². The highest BCUT2D eigenvalue weighted by molar-refractivity contribution is 14.1. The van der Waals surface area contributed by atoms with Crippen molar-refractivity contribution in [3.63, 3.8) is 0 Å². The fourth-order valence-electron chi connectivity index (χ4n) is 3.64. The van der Waals surface area contributed by atoms with E-state index >= 15 is 0 Å². The van der Waals surface area contributed by atoms with Crippen LogP contribution in [0, 0.1) is 8.80 Å². The molecule has 19 heavy (non-hydrogen) atoms. The zero-order valence-corrected chi connectivity index (χ0v) is 14.1. The first-order valence-corrected chi connectivity index (χ1v) is 9.26. The third kappa shape index (κ3) is 2.99. The maximum atomic E-state index is 12.6. The van der Waals surface area contributed by atoms with E-state index in [1.807, 2.05) is 11.4 Å². The van der Waals surface area contributed by atoms with Crippen LogP contribution in [0.1, 0.15) is 55.3 Å². The monoisotopic (exact) mass is 389 g/mol. The number of likely N-dealkylation sites (tertiary alicyclic amines) is 1. The number of carbonyl (C=O) groups is 1. The Morgan fingerprint density at radius 1 is 1.21 bits per heavy atom. The van der Waals surface area contributed by atoms with Crippen molar-refractivity contribution in [1.29, 1.82) is 0 Å². The van der Waals surface area contributed by atoms with E-state index in [1.54, 1.807) is 11.3 Å². The van der Waals surface area contributed by atoms with Crippen molar-refractivity contribution in [1.82, 2.24) is 4.90 Å². The number of halogens is 1. The first-order chi connectivity index (χ1) is 9.25. The maximum absolute atomic E-state index is 12.6. The molecule has 1 aliphatic carbocycles. The molecule has 0 radical (unpaired) electrons. The van der Waals surface area contributed by atoms with E-state index in [9.17, 15) is 4.79 Å². The number of rotatable bonds is 2. The molecular weight excluding hydrogens is 369 g/mol. The molecule has 2 fully saturated rings. The van der Waals surface area contributed by atoms with Gasteiger partial charge < -0.3 is 4.90 Å². The van der Waals surface area contributed by atoms with Crippen molar-refractivity contribution >= 4 is 39.8 Å². The summed E-state index contributed by atoms with van der Waals surface area (Å²) in [5.74, 6) is 1.03. The minimum Gasteiger partial charge on any atom is -0.335 e. The average Bonchev–Trinajstić information content (AvgIpc) is 3.07. The van der Waals surface area contributed by atoms with E-state index in [2.05, 4.69) is 27.5 Å². The van der Waals surface area contributed by atoms with E-state index in [1.165, 1.54) is 47.8 Å². The van der Waals surface area contributed by atoms with Crippen molar-refractivity contribution in [2.75, 3.05) is 6.54 Å². The number of carbonyl (C=O) groups excluding carboxylic acids is 1. The number of hydrogen-bond acceptors (Lipinski definition) is 2. The molecule has 0 aromatic carbocycles. The molecule has 0 bridgehead atoms. The molecule has 1 saturated heterocycles. The van der Waals surface area contributed by atoms with Crippen LogP contribution in [0.15, 0.2) is 11.4 Å². The van der Waals surface area contributed by atoms with Gasteiger partial charge in [0.2, 0.25) is 0 Å². The fraction of sp³-hybridized carbons (Fsp3) is 0.667. The molecule has 1 amide bonds. The molecule has 4 heteroatoms. The van der Waals surface area contributed by atoms with Gasteiger partial charge in [-0.05, 0) is 60.3 Å². The van der Waals surface area contributed by atoms with Crippen LogP contribution in [0.4, 0.5) is 0 Å². The largest absolute Gasteiger partial charge is 0.335 e. The number of hydrogen-bond donors (Lipinski definition) is 0. The zero-order valence-electron chi connectivity index (χ0n) is 11.1. The second-order valence-corrected chi connectivity index (χ2v) is 8.55. The molecule has 1 saturated carbocycles. The standard InChI is InChI=1S/C15H20INOS/c16-14-9-12(10-19-14)15(18)17-8-4-7-13(17)11-5-2-1-3-6-11/h9-11,13H,1-8H2. The Morgan fingerprint density at radius 2 is 2.00 bits per heavy atom. The van der Waals surface area contributed by atoms with Gasteiger partial charge in [0.05, 0.1) is 8.45 Å². The quantitative estimate of drug-likeness (QED) is 0.681. The third-order valence-corrected chi connectivity index (χ3v) is 6.36. The van der Waals surface area contributed by atoms with Crippen LogP contribution in [0.25, 0.3) is 0 Å². The Bertz CT molecular complexity index is 453. The highest BCUT2D eigenvalue weighted by Gasteiger charge is 2.35. The molecule has 2 nitrogen and oxygen atoms in total. The van der Waals surface area contributed by atoms with Crippen LogP contribution in [0.5, 0.6) is 0 Å². The van der Waals surface area contributed by atoms with Gasteiger partial charge in [-0.1, -0.05) is 19.3 Å². The summed E-state index contributed by atoms with van der Waals surface area (Å²) in [6, 6.07) is 2.55. The van der Waals surface area contributed by atoms with Gasteiger partial charge in [-0.3, -0.25) is 4.79 Å². The van der Waals surface area contributed by atoms with Crippen LogP contribution < -0.4 is 0 Å². The lowest BCUT2D eigenvalue weighted by Crippen LogP contribution is -2.40. The highest BCUT2D eigenvalue weighted by Crippen LogP contribution is 2.35. The lowest BCUT2D eigenvalue weighted by atomic mass is 9.83. The van der Waals surface area contributed by atoms with E-state index in [-0.39, 0.29) is 5.91 Å². The van der Waals surface area contributed by atoms with E-state index in [4.69, 9.17) is 0 Å². The summed E-state index contributed by atoms with van der Waals surface area (Å²) in [5.41, 5.74) is 0.900. The molecule has 3 rings (SSSR count). The van der Waals surface area contributed by atoms with Crippen molar-refractivity contribution in [3.8, 4) is 0 Å². The maximum Gasteiger partial charge on any atom is 0.254 e. The minimum absolute atomic E-state index is 0.271. The lowest BCUT2D eigenvalue weighted by molar-refractivity contribution is 0.0662. The van der Waals surface area contributed by atoms with Crippen LogP contribution in [0.3, 0.4) is 0 Å². The summed E-state index contributed by atoms with van der Waals surface area (Å²) in [6.45, 7) is 0.965. The first kappa shape index (κ1) is 13.9. The molecule has 1 aromatic rings. The van der Waals surface area contributed by atoms with Gasteiger partial charge in [0.15, 0.2) is 0 Å². The van der Waals surface area contributed by atoms with Crippen molar-refractivity contribution < 1.29 is 4.79 Å². The van der Waals surface area contributed by atoms with Crippen LogP contribution in [0.2, 0.25) is 0 Å².